The first-order valence-corrected chi connectivity index (χ1v) is 11.6. The molecule has 8 heteroatoms. The number of carbonyl (C=O) groups is 1. The molecule has 198 valence electrons. The molecule has 8 nitrogen and oxygen atoms in total. The minimum atomic E-state index is -0.437. The summed E-state index contributed by atoms with van der Waals surface area (Å²) in [5, 5.41) is 13.5. The van der Waals surface area contributed by atoms with Gasteiger partial charge in [-0.3, -0.25) is 4.79 Å². The third-order valence-corrected chi connectivity index (χ3v) is 5.44. The Bertz CT molecular complexity index is 1320. The Balaban J connectivity index is 1.88. The predicted octanol–water partition coefficient (Wildman–Crippen LogP) is 5.81. The average molecular weight is 518 g/mol. The largest absolute Gasteiger partial charge is 0.503 e. The van der Waals surface area contributed by atoms with E-state index in [2.05, 4.69) is 11.9 Å². The van der Waals surface area contributed by atoms with Crippen LogP contribution in [-0.2, 0) is 4.79 Å². The lowest BCUT2D eigenvalue weighted by molar-refractivity contribution is -0.111. The normalized spacial score (nSPS) is 10.8. The highest BCUT2D eigenvalue weighted by Gasteiger charge is 2.15. The van der Waals surface area contributed by atoms with Crippen LogP contribution in [0.25, 0.3) is 18.2 Å². The van der Waals surface area contributed by atoms with Crippen molar-refractivity contribution in [2.24, 2.45) is 0 Å². The molecule has 0 spiro atoms. The van der Waals surface area contributed by atoms with Gasteiger partial charge >= 0.3 is 0 Å². The summed E-state index contributed by atoms with van der Waals surface area (Å²) in [7, 11) is 6.05. The molecule has 2 N–H and O–H groups in total. The van der Waals surface area contributed by atoms with Crippen LogP contribution < -0.4 is 29.0 Å². The van der Waals surface area contributed by atoms with Gasteiger partial charge < -0.3 is 34.1 Å². The molecule has 0 unspecified atom stereocenters. The van der Waals surface area contributed by atoms with Gasteiger partial charge in [-0.25, -0.2) is 0 Å². The minimum absolute atomic E-state index is 0.193. The van der Waals surface area contributed by atoms with Gasteiger partial charge in [-0.2, -0.15) is 0 Å². The molecular weight excluding hydrogens is 486 g/mol. The van der Waals surface area contributed by atoms with Crippen LogP contribution >= 0.6 is 0 Å². The van der Waals surface area contributed by atoms with E-state index in [9.17, 15) is 9.90 Å². The number of hydrogen-bond acceptors (Lipinski definition) is 7. The highest BCUT2D eigenvalue weighted by molar-refractivity contribution is 6.04. The van der Waals surface area contributed by atoms with Gasteiger partial charge in [-0.1, -0.05) is 36.9 Å². The van der Waals surface area contributed by atoms with E-state index in [1.165, 1.54) is 34.5 Å². The maximum absolute atomic E-state index is 12.8. The van der Waals surface area contributed by atoms with E-state index in [0.717, 1.165) is 11.1 Å². The van der Waals surface area contributed by atoms with Crippen molar-refractivity contribution in [2.75, 3.05) is 40.4 Å². The van der Waals surface area contributed by atoms with E-state index in [0.29, 0.717) is 35.2 Å². The Morgan fingerprint density at radius 1 is 0.868 bits per heavy atom. The molecule has 0 radical (unpaired) electrons. The number of ether oxygens (including phenoxy) is 5. The van der Waals surface area contributed by atoms with Gasteiger partial charge in [0, 0.05) is 11.6 Å². The molecule has 0 heterocycles. The molecule has 38 heavy (non-hydrogen) atoms. The van der Waals surface area contributed by atoms with Gasteiger partial charge in [0.15, 0.2) is 23.0 Å². The fourth-order valence-corrected chi connectivity index (χ4v) is 3.61. The third kappa shape index (κ3) is 6.88. The van der Waals surface area contributed by atoms with Gasteiger partial charge in [0.1, 0.15) is 12.4 Å². The summed E-state index contributed by atoms with van der Waals surface area (Å²) in [6.07, 6.45) is 8.23. The number of methoxy groups -OCH3 is 4. The number of rotatable bonds is 12. The number of benzene rings is 3. The molecular formula is C30H31NO7. The second-order valence-corrected chi connectivity index (χ2v) is 7.87. The van der Waals surface area contributed by atoms with E-state index >= 15 is 0 Å². The zero-order valence-corrected chi connectivity index (χ0v) is 21.8. The number of anilines is 1. The molecule has 0 bridgehead atoms. The highest BCUT2D eigenvalue weighted by Crippen LogP contribution is 2.40. The number of amides is 1. The molecule has 3 aromatic carbocycles. The first-order valence-electron chi connectivity index (χ1n) is 11.6. The van der Waals surface area contributed by atoms with Crippen LogP contribution in [0.3, 0.4) is 0 Å². The van der Waals surface area contributed by atoms with Crippen molar-refractivity contribution in [3.63, 3.8) is 0 Å². The molecule has 0 aliphatic rings. The smallest absolute Gasteiger partial charge is 0.248 e. The van der Waals surface area contributed by atoms with Crippen LogP contribution in [0.2, 0.25) is 0 Å². The fraction of sp³-hybridized carbons (Fsp3) is 0.167. The topological polar surface area (TPSA) is 95.5 Å². The molecule has 3 aromatic rings. The molecule has 0 fully saturated rings. The van der Waals surface area contributed by atoms with Gasteiger partial charge in [-0.15, -0.1) is 0 Å². The molecule has 1 amide bonds. The van der Waals surface area contributed by atoms with Gasteiger partial charge in [0.2, 0.25) is 11.7 Å². The highest BCUT2D eigenvalue weighted by atomic mass is 16.5. The van der Waals surface area contributed by atoms with Crippen LogP contribution in [0.5, 0.6) is 34.5 Å². The second kappa shape index (κ2) is 13.5. The lowest BCUT2D eigenvalue weighted by Gasteiger charge is -2.14. The summed E-state index contributed by atoms with van der Waals surface area (Å²) in [6, 6.07) is 14.2. The van der Waals surface area contributed by atoms with Gasteiger partial charge in [0.05, 0.1) is 34.1 Å². The van der Waals surface area contributed by atoms with Crippen LogP contribution in [0.4, 0.5) is 5.69 Å². The van der Waals surface area contributed by atoms with Crippen molar-refractivity contribution in [1.82, 2.24) is 0 Å². The summed E-state index contributed by atoms with van der Waals surface area (Å²) >= 11 is 0. The quantitative estimate of drug-likeness (QED) is 0.135. The maximum Gasteiger partial charge on any atom is 0.248 e. The van der Waals surface area contributed by atoms with E-state index in [1.807, 2.05) is 24.3 Å². The van der Waals surface area contributed by atoms with E-state index in [1.54, 1.807) is 48.6 Å². The van der Waals surface area contributed by atoms with Crippen LogP contribution in [0.1, 0.15) is 16.7 Å². The third-order valence-electron chi connectivity index (χ3n) is 5.44. The zero-order chi connectivity index (χ0) is 27.5. The van der Waals surface area contributed by atoms with Crippen molar-refractivity contribution in [1.29, 1.82) is 0 Å². The molecule has 0 aliphatic carbocycles. The number of carbonyl (C=O) groups excluding carboxylic acids is 1. The molecule has 0 saturated heterocycles. The first-order chi connectivity index (χ1) is 18.4. The van der Waals surface area contributed by atoms with Gasteiger partial charge in [0.25, 0.3) is 0 Å². The summed E-state index contributed by atoms with van der Waals surface area (Å²) in [5.41, 5.74) is 2.29. The molecule has 3 rings (SSSR count). The van der Waals surface area contributed by atoms with Crippen LogP contribution in [0.15, 0.2) is 67.3 Å². The van der Waals surface area contributed by atoms with Crippen molar-refractivity contribution in [2.45, 2.75) is 0 Å². The Hall–Kier alpha value is -4.85. The number of aromatic hydroxyl groups is 1. The average Bonchev–Trinajstić information content (AvgIpc) is 2.94. The number of phenols is 1. The second-order valence-electron chi connectivity index (χ2n) is 7.87. The lowest BCUT2D eigenvalue weighted by Crippen LogP contribution is -2.09. The summed E-state index contributed by atoms with van der Waals surface area (Å²) in [4.78, 5) is 12.8. The monoisotopic (exact) mass is 517 g/mol. The van der Waals surface area contributed by atoms with E-state index < -0.39 is 5.91 Å². The number of nitrogens with one attached hydrogen (secondary N) is 1. The standard InChI is InChI=1S/C30H31NO7/c1-6-16-38-23-9-7-8-20(17-23)11-15-27(32)31-28-22(13-14-24(34-2)29(28)33)12-10-21-18-25(35-3)30(37-5)26(19-21)36-4/h6-15,17-19,33H,1,16H2,2-5H3,(H,31,32)/b12-10?,15-11+. The molecule has 0 aliphatic heterocycles. The zero-order valence-electron chi connectivity index (χ0n) is 21.8. The Morgan fingerprint density at radius 3 is 2.21 bits per heavy atom. The van der Waals surface area contributed by atoms with Crippen molar-refractivity contribution >= 4 is 29.8 Å². The Labute approximate surface area is 222 Å². The lowest BCUT2D eigenvalue weighted by atomic mass is 10.1. The summed E-state index contributed by atoms with van der Waals surface area (Å²) < 4.78 is 27.0. The fourth-order valence-electron chi connectivity index (χ4n) is 3.61. The predicted molar refractivity (Wildman–Crippen MR) is 149 cm³/mol. The molecule has 0 aromatic heterocycles. The van der Waals surface area contributed by atoms with Crippen molar-refractivity contribution < 1.29 is 33.6 Å². The van der Waals surface area contributed by atoms with Crippen molar-refractivity contribution in [3.05, 3.63) is 84.0 Å². The maximum atomic E-state index is 12.8. The SMILES string of the molecule is C=CCOc1cccc(/C=C/C(=O)Nc2c(C=Cc3cc(OC)c(OC)c(OC)c3)ccc(OC)c2O)c1. The van der Waals surface area contributed by atoms with E-state index in [4.69, 9.17) is 23.7 Å². The van der Waals surface area contributed by atoms with Crippen molar-refractivity contribution in [3.8, 4) is 34.5 Å². The van der Waals surface area contributed by atoms with Crippen LogP contribution in [-0.4, -0.2) is 46.1 Å². The van der Waals surface area contributed by atoms with Crippen LogP contribution in [0, 0.1) is 0 Å². The molecule has 0 saturated carbocycles. The summed E-state index contributed by atoms with van der Waals surface area (Å²) in [5.74, 6) is 1.74. The minimum Gasteiger partial charge on any atom is -0.503 e. The number of hydrogen-bond donors (Lipinski definition) is 2. The Kier molecular flexibility index (Phi) is 9.82. The first kappa shape index (κ1) is 27.7. The van der Waals surface area contributed by atoms with Gasteiger partial charge in [-0.05, 0) is 53.6 Å². The van der Waals surface area contributed by atoms with E-state index in [-0.39, 0.29) is 17.2 Å². The Morgan fingerprint density at radius 2 is 1.58 bits per heavy atom. The number of phenolic OH excluding ortho intramolecular Hbond substituents is 1. The summed E-state index contributed by atoms with van der Waals surface area (Å²) in [6.45, 7) is 4.02. The molecule has 0 atom stereocenters.